The molecule has 1 aliphatic rings. The van der Waals surface area contributed by atoms with Crippen LogP contribution in [0, 0.1) is 0 Å². The molecule has 19 heavy (non-hydrogen) atoms. The maximum atomic E-state index is 11.2. The fourth-order valence-electron chi connectivity index (χ4n) is 2.88. The number of Topliss-reactive ketones (excluding diaryl/α,β-unsaturated/α-hetero) is 1. The van der Waals surface area contributed by atoms with Crippen molar-refractivity contribution < 1.29 is 4.79 Å². The van der Waals surface area contributed by atoms with Gasteiger partial charge in [0.2, 0.25) is 0 Å². The van der Waals surface area contributed by atoms with Crippen LogP contribution in [-0.4, -0.2) is 30.3 Å². The molecular weight excluding hydrogens is 234 g/mol. The van der Waals surface area contributed by atoms with Crippen LogP contribution in [0.5, 0.6) is 0 Å². The smallest absolute Gasteiger partial charge is 0.133 e. The zero-order valence-electron chi connectivity index (χ0n) is 12.0. The van der Waals surface area contributed by atoms with E-state index in [0.29, 0.717) is 11.8 Å². The number of nitrogens with zero attached hydrogens (tertiary/aromatic N) is 1. The van der Waals surface area contributed by atoms with Crippen molar-refractivity contribution in [3.05, 3.63) is 35.9 Å². The van der Waals surface area contributed by atoms with E-state index in [1.165, 1.54) is 24.8 Å². The van der Waals surface area contributed by atoms with E-state index < -0.39 is 0 Å². The summed E-state index contributed by atoms with van der Waals surface area (Å²) in [4.78, 5) is 13.7. The number of ketones is 1. The number of carbonyl (C=O) groups is 1. The molecule has 1 saturated carbocycles. The Kier molecular flexibility index (Phi) is 5.59. The molecule has 0 heterocycles. The monoisotopic (exact) mass is 259 g/mol. The SMILES string of the molecule is CN(CCCCc1ccccc1)C1CCC(=O)CC1. The Hall–Kier alpha value is -1.15. The van der Waals surface area contributed by atoms with Gasteiger partial charge in [0.25, 0.3) is 0 Å². The lowest BCUT2D eigenvalue weighted by atomic mass is 9.93. The van der Waals surface area contributed by atoms with Gasteiger partial charge in [0.05, 0.1) is 0 Å². The molecule has 0 radical (unpaired) electrons. The second kappa shape index (κ2) is 7.44. The molecule has 0 amide bonds. The van der Waals surface area contributed by atoms with Gasteiger partial charge in [0.1, 0.15) is 5.78 Å². The maximum absolute atomic E-state index is 11.2. The molecule has 0 spiro atoms. The molecule has 1 aromatic carbocycles. The van der Waals surface area contributed by atoms with Crippen molar-refractivity contribution in [2.75, 3.05) is 13.6 Å². The molecule has 1 aromatic rings. The van der Waals surface area contributed by atoms with Gasteiger partial charge in [-0.25, -0.2) is 0 Å². The highest BCUT2D eigenvalue weighted by molar-refractivity contribution is 5.79. The standard InChI is InChI=1S/C17H25NO/c1-18(16-10-12-17(19)13-11-16)14-6-5-9-15-7-3-2-4-8-15/h2-4,7-8,16H,5-6,9-14H2,1H3. The highest BCUT2D eigenvalue weighted by Gasteiger charge is 2.21. The predicted octanol–water partition coefficient (Wildman–Crippen LogP) is 3.45. The second-order valence-electron chi connectivity index (χ2n) is 5.69. The molecule has 104 valence electrons. The Balaban J connectivity index is 1.61. The predicted molar refractivity (Wildman–Crippen MR) is 79.3 cm³/mol. The summed E-state index contributed by atoms with van der Waals surface area (Å²) in [5.41, 5.74) is 1.44. The molecule has 0 bridgehead atoms. The fraction of sp³-hybridized carbons (Fsp3) is 0.588. The number of aryl methyl sites for hydroxylation is 1. The molecule has 0 aromatic heterocycles. The minimum absolute atomic E-state index is 0.453. The van der Waals surface area contributed by atoms with Crippen LogP contribution in [-0.2, 0) is 11.2 Å². The van der Waals surface area contributed by atoms with Crippen molar-refractivity contribution >= 4 is 5.78 Å². The van der Waals surface area contributed by atoms with Gasteiger partial charge in [-0.3, -0.25) is 4.79 Å². The van der Waals surface area contributed by atoms with Crippen molar-refractivity contribution in [1.82, 2.24) is 4.90 Å². The van der Waals surface area contributed by atoms with Gasteiger partial charge in [-0.1, -0.05) is 30.3 Å². The van der Waals surface area contributed by atoms with E-state index in [2.05, 4.69) is 42.3 Å². The van der Waals surface area contributed by atoms with Gasteiger partial charge < -0.3 is 4.90 Å². The Bertz CT molecular complexity index is 378. The van der Waals surface area contributed by atoms with Crippen molar-refractivity contribution in [3.8, 4) is 0 Å². The number of hydrogen-bond acceptors (Lipinski definition) is 2. The quantitative estimate of drug-likeness (QED) is 0.729. The number of unbranched alkanes of at least 4 members (excludes halogenated alkanes) is 1. The van der Waals surface area contributed by atoms with Crippen LogP contribution in [0.3, 0.4) is 0 Å². The van der Waals surface area contributed by atoms with Crippen molar-refractivity contribution in [2.45, 2.75) is 51.0 Å². The summed E-state index contributed by atoms with van der Waals surface area (Å²) in [6.07, 6.45) is 7.38. The third-order valence-corrected chi connectivity index (χ3v) is 4.21. The van der Waals surface area contributed by atoms with Gasteiger partial charge in [0.15, 0.2) is 0 Å². The van der Waals surface area contributed by atoms with Gasteiger partial charge >= 0.3 is 0 Å². The third kappa shape index (κ3) is 4.79. The summed E-state index contributed by atoms with van der Waals surface area (Å²) in [5.74, 6) is 0.453. The van der Waals surface area contributed by atoms with Gasteiger partial charge in [-0.15, -0.1) is 0 Å². The highest BCUT2D eigenvalue weighted by Crippen LogP contribution is 2.19. The van der Waals surface area contributed by atoms with Crippen molar-refractivity contribution in [3.63, 3.8) is 0 Å². The van der Waals surface area contributed by atoms with E-state index in [0.717, 1.165) is 32.2 Å². The Labute approximate surface area is 116 Å². The molecule has 2 rings (SSSR count). The summed E-state index contributed by atoms with van der Waals surface area (Å²) < 4.78 is 0. The zero-order chi connectivity index (χ0) is 13.5. The normalized spacial score (nSPS) is 17.1. The Morgan fingerprint density at radius 3 is 2.47 bits per heavy atom. The first-order chi connectivity index (χ1) is 9.25. The van der Waals surface area contributed by atoms with Gasteiger partial charge in [0, 0.05) is 18.9 Å². The molecule has 1 fully saturated rings. The summed E-state index contributed by atoms with van der Waals surface area (Å²) in [6.45, 7) is 1.16. The number of carbonyl (C=O) groups excluding carboxylic acids is 1. The van der Waals surface area contributed by atoms with Gasteiger partial charge in [-0.05, 0) is 51.3 Å². The molecule has 2 nitrogen and oxygen atoms in total. The van der Waals surface area contributed by atoms with E-state index >= 15 is 0 Å². The molecule has 1 aliphatic carbocycles. The number of benzene rings is 1. The lowest BCUT2D eigenvalue weighted by molar-refractivity contribution is -0.121. The van der Waals surface area contributed by atoms with Crippen LogP contribution >= 0.6 is 0 Å². The second-order valence-corrected chi connectivity index (χ2v) is 5.69. The van der Waals surface area contributed by atoms with Crippen LogP contribution in [0.15, 0.2) is 30.3 Å². The summed E-state index contributed by atoms with van der Waals surface area (Å²) in [6, 6.07) is 11.3. The first-order valence-electron chi connectivity index (χ1n) is 7.51. The van der Waals surface area contributed by atoms with Crippen LogP contribution < -0.4 is 0 Å². The minimum Gasteiger partial charge on any atom is -0.303 e. The van der Waals surface area contributed by atoms with E-state index in [-0.39, 0.29) is 0 Å². The largest absolute Gasteiger partial charge is 0.303 e. The molecule has 0 saturated heterocycles. The van der Waals surface area contributed by atoms with Crippen LogP contribution in [0.25, 0.3) is 0 Å². The van der Waals surface area contributed by atoms with Crippen LogP contribution in [0.2, 0.25) is 0 Å². The minimum atomic E-state index is 0.453. The van der Waals surface area contributed by atoms with Crippen molar-refractivity contribution in [1.29, 1.82) is 0 Å². The molecule has 0 atom stereocenters. The van der Waals surface area contributed by atoms with Crippen molar-refractivity contribution in [2.24, 2.45) is 0 Å². The molecule has 0 aliphatic heterocycles. The molecule has 2 heteroatoms. The van der Waals surface area contributed by atoms with Crippen LogP contribution in [0.1, 0.15) is 44.1 Å². The Morgan fingerprint density at radius 1 is 1.11 bits per heavy atom. The molecular formula is C17H25NO. The summed E-state index contributed by atoms with van der Waals surface area (Å²) in [5, 5.41) is 0. The first-order valence-corrected chi connectivity index (χ1v) is 7.51. The van der Waals surface area contributed by atoms with E-state index in [1.807, 2.05) is 0 Å². The molecule has 0 N–H and O–H groups in total. The highest BCUT2D eigenvalue weighted by atomic mass is 16.1. The topological polar surface area (TPSA) is 20.3 Å². The maximum Gasteiger partial charge on any atom is 0.133 e. The van der Waals surface area contributed by atoms with Gasteiger partial charge in [-0.2, -0.15) is 0 Å². The Morgan fingerprint density at radius 2 is 1.79 bits per heavy atom. The lowest BCUT2D eigenvalue weighted by Crippen LogP contribution is -2.35. The summed E-state index contributed by atoms with van der Waals surface area (Å²) >= 11 is 0. The molecule has 0 unspecified atom stereocenters. The first kappa shape index (κ1) is 14.3. The van der Waals surface area contributed by atoms with E-state index in [4.69, 9.17) is 0 Å². The lowest BCUT2D eigenvalue weighted by Gasteiger charge is -2.30. The number of rotatable bonds is 6. The average molecular weight is 259 g/mol. The summed E-state index contributed by atoms with van der Waals surface area (Å²) in [7, 11) is 2.21. The zero-order valence-corrected chi connectivity index (χ0v) is 12.0. The average Bonchev–Trinajstić information content (AvgIpc) is 2.45. The van der Waals surface area contributed by atoms with Crippen LogP contribution in [0.4, 0.5) is 0 Å². The van der Waals surface area contributed by atoms with E-state index in [1.54, 1.807) is 0 Å². The third-order valence-electron chi connectivity index (χ3n) is 4.21. The number of hydrogen-bond donors (Lipinski definition) is 0. The van der Waals surface area contributed by atoms with E-state index in [9.17, 15) is 4.79 Å². The fourth-order valence-corrected chi connectivity index (χ4v) is 2.88.